The van der Waals surface area contributed by atoms with Crippen molar-refractivity contribution in [1.29, 1.82) is 0 Å². The third-order valence-corrected chi connectivity index (χ3v) is 2.08. The standard InChI is InChI=1S/C9H10N2O2/c12-9(13)3-8-10-4-7(5-11-8)6-1-2-6/h4-6H,1-3H2,(H,12,13). The first kappa shape index (κ1) is 8.16. The Morgan fingerprint density at radius 2 is 2.08 bits per heavy atom. The van der Waals surface area contributed by atoms with Gasteiger partial charge in [-0.25, -0.2) is 9.97 Å². The van der Waals surface area contributed by atoms with Crippen LogP contribution in [0, 0.1) is 0 Å². The van der Waals surface area contributed by atoms with E-state index < -0.39 is 5.97 Å². The quantitative estimate of drug-likeness (QED) is 0.749. The van der Waals surface area contributed by atoms with Crippen LogP contribution in [-0.2, 0) is 11.2 Å². The fraction of sp³-hybridized carbons (Fsp3) is 0.444. The molecule has 1 aliphatic carbocycles. The van der Waals surface area contributed by atoms with Crippen molar-refractivity contribution in [3.8, 4) is 0 Å². The molecular weight excluding hydrogens is 168 g/mol. The van der Waals surface area contributed by atoms with Crippen molar-refractivity contribution in [2.45, 2.75) is 25.2 Å². The van der Waals surface area contributed by atoms with Crippen molar-refractivity contribution < 1.29 is 9.90 Å². The average Bonchev–Trinajstić information content (AvgIpc) is 2.87. The molecule has 4 heteroatoms. The molecule has 1 heterocycles. The van der Waals surface area contributed by atoms with E-state index in [0.717, 1.165) is 5.56 Å². The molecule has 0 bridgehead atoms. The lowest BCUT2D eigenvalue weighted by molar-refractivity contribution is -0.136. The predicted molar refractivity (Wildman–Crippen MR) is 45.3 cm³/mol. The Balaban J connectivity index is 2.08. The Bertz CT molecular complexity index is 317. The van der Waals surface area contributed by atoms with Gasteiger partial charge in [-0.2, -0.15) is 0 Å². The summed E-state index contributed by atoms with van der Waals surface area (Å²) in [5, 5.41) is 8.48. The van der Waals surface area contributed by atoms with Gasteiger partial charge in [0, 0.05) is 12.4 Å². The number of carboxylic acid groups (broad SMARTS) is 1. The molecule has 0 radical (unpaired) electrons. The lowest BCUT2D eigenvalue weighted by Crippen LogP contribution is -2.04. The highest BCUT2D eigenvalue weighted by Gasteiger charge is 2.23. The number of hydrogen-bond acceptors (Lipinski definition) is 3. The summed E-state index contributed by atoms with van der Waals surface area (Å²) in [6.45, 7) is 0. The van der Waals surface area contributed by atoms with Gasteiger partial charge in [-0.1, -0.05) is 0 Å². The maximum Gasteiger partial charge on any atom is 0.311 e. The fourth-order valence-electron chi connectivity index (χ4n) is 1.22. The summed E-state index contributed by atoms with van der Waals surface area (Å²) in [5.74, 6) is 0.120. The van der Waals surface area contributed by atoms with E-state index >= 15 is 0 Å². The summed E-state index contributed by atoms with van der Waals surface area (Å²) < 4.78 is 0. The molecule has 0 atom stereocenters. The van der Waals surface area contributed by atoms with Gasteiger partial charge in [-0.3, -0.25) is 4.79 Å². The van der Waals surface area contributed by atoms with Gasteiger partial charge in [0.05, 0.1) is 0 Å². The van der Waals surface area contributed by atoms with Crippen LogP contribution in [0.4, 0.5) is 0 Å². The van der Waals surface area contributed by atoms with Crippen LogP contribution < -0.4 is 0 Å². The van der Waals surface area contributed by atoms with E-state index in [1.807, 2.05) is 0 Å². The molecule has 1 aromatic rings. The first-order valence-electron chi connectivity index (χ1n) is 4.28. The summed E-state index contributed by atoms with van der Waals surface area (Å²) in [4.78, 5) is 18.3. The smallest absolute Gasteiger partial charge is 0.311 e. The third kappa shape index (κ3) is 2.02. The number of hydrogen-bond donors (Lipinski definition) is 1. The highest BCUT2D eigenvalue weighted by atomic mass is 16.4. The Labute approximate surface area is 75.6 Å². The van der Waals surface area contributed by atoms with Gasteiger partial charge in [0.25, 0.3) is 0 Å². The monoisotopic (exact) mass is 178 g/mol. The molecule has 1 aliphatic rings. The van der Waals surface area contributed by atoms with Crippen LogP contribution in [0.1, 0.15) is 30.1 Å². The first-order valence-corrected chi connectivity index (χ1v) is 4.28. The number of rotatable bonds is 3. The lowest BCUT2D eigenvalue weighted by Gasteiger charge is -1.97. The molecule has 1 aromatic heterocycles. The van der Waals surface area contributed by atoms with Crippen LogP contribution in [0.25, 0.3) is 0 Å². The molecule has 1 fully saturated rings. The van der Waals surface area contributed by atoms with Crippen LogP contribution >= 0.6 is 0 Å². The van der Waals surface area contributed by atoms with Crippen LogP contribution in [0.5, 0.6) is 0 Å². The number of aromatic nitrogens is 2. The van der Waals surface area contributed by atoms with Gasteiger partial charge in [0.2, 0.25) is 0 Å². The summed E-state index contributed by atoms with van der Waals surface area (Å²) in [7, 11) is 0. The molecule has 0 aromatic carbocycles. The van der Waals surface area contributed by atoms with Crippen molar-refractivity contribution in [2.24, 2.45) is 0 Å². The van der Waals surface area contributed by atoms with Gasteiger partial charge < -0.3 is 5.11 Å². The Morgan fingerprint density at radius 3 is 2.54 bits per heavy atom. The highest BCUT2D eigenvalue weighted by Crippen LogP contribution is 2.39. The van der Waals surface area contributed by atoms with E-state index in [9.17, 15) is 4.79 Å². The molecule has 4 nitrogen and oxygen atoms in total. The fourth-order valence-corrected chi connectivity index (χ4v) is 1.22. The molecule has 1 N–H and O–H groups in total. The molecule has 0 unspecified atom stereocenters. The molecule has 0 saturated heterocycles. The molecule has 0 amide bonds. The van der Waals surface area contributed by atoms with Crippen LogP contribution in [0.3, 0.4) is 0 Å². The van der Waals surface area contributed by atoms with Crippen LogP contribution in [0.2, 0.25) is 0 Å². The van der Waals surface area contributed by atoms with E-state index in [4.69, 9.17) is 5.11 Å². The second-order valence-electron chi connectivity index (χ2n) is 3.28. The summed E-state index contributed by atoms with van der Waals surface area (Å²) in [6, 6.07) is 0. The van der Waals surface area contributed by atoms with Crippen LogP contribution in [0.15, 0.2) is 12.4 Å². The first-order chi connectivity index (χ1) is 6.25. The van der Waals surface area contributed by atoms with Crippen molar-refractivity contribution >= 4 is 5.97 Å². The molecular formula is C9H10N2O2. The van der Waals surface area contributed by atoms with Crippen molar-refractivity contribution in [2.75, 3.05) is 0 Å². The van der Waals surface area contributed by atoms with Gasteiger partial charge in [-0.05, 0) is 24.3 Å². The third-order valence-electron chi connectivity index (χ3n) is 2.08. The van der Waals surface area contributed by atoms with Gasteiger partial charge in [0.1, 0.15) is 12.2 Å². The van der Waals surface area contributed by atoms with Gasteiger partial charge in [0.15, 0.2) is 0 Å². The zero-order valence-electron chi connectivity index (χ0n) is 7.10. The van der Waals surface area contributed by atoms with E-state index in [0.29, 0.717) is 11.7 Å². The van der Waals surface area contributed by atoms with Crippen molar-refractivity contribution in [1.82, 2.24) is 9.97 Å². The molecule has 68 valence electrons. The molecule has 0 spiro atoms. The minimum Gasteiger partial charge on any atom is -0.481 e. The predicted octanol–water partition coefficient (Wildman–Crippen LogP) is 0.981. The van der Waals surface area contributed by atoms with E-state index in [1.165, 1.54) is 12.8 Å². The molecule has 0 aliphatic heterocycles. The van der Waals surface area contributed by atoms with Gasteiger partial charge in [-0.15, -0.1) is 0 Å². The van der Waals surface area contributed by atoms with E-state index in [2.05, 4.69) is 9.97 Å². The van der Waals surface area contributed by atoms with E-state index in [1.54, 1.807) is 12.4 Å². The van der Waals surface area contributed by atoms with E-state index in [-0.39, 0.29) is 6.42 Å². The lowest BCUT2D eigenvalue weighted by atomic mass is 10.2. The number of carboxylic acids is 1. The summed E-state index contributed by atoms with van der Waals surface area (Å²) in [6.07, 6.45) is 5.81. The zero-order chi connectivity index (χ0) is 9.26. The molecule has 1 saturated carbocycles. The highest BCUT2D eigenvalue weighted by molar-refractivity contribution is 5.68. The average molecular weight is 178 g/mol. The van der Waals surface area contributed by atoms with Crippen molar-refractivity contribution in [3.63, 3.8) is 0 Å². The SMILES string of the molecule is O=C(O)Cc1ncc(C2CC2)cn1. The Hall–Kier alpha value is -1.45. The molecule has 2 rings (SSSR count). The maximum absolute atomic E-state index is 10.3. The van der Waals surface area contributed by atoms with Crippen molar-refractivity contribution in [3.05, 3.63) is 23.8 Å². The largest absolute Gasteiger partial charge is 0.481 e. The minimum absolute atomic E-state index is 0.0923. The number of aliphatic carboxylic acids is 1. The summed E-state index contributed by atoms with van der Waals surface area (Å²) in [5.41, 5.74) is 1.13. The second-order valence-corrected chi connectivity index (χ2v) is 3.28. The second kappa shape index (κ2) is 3.12. The van der Waals surface area contributed by atoms with Gasteiger partial charge >= 0.3 is 5.97 Å². The number of carbonyl (C=O) groups is 1. The maximum atomic E-state index is 10.3. The number of nitrogens with zero attached hydrogens (tertiary/aromatic N) is 2. The molecule has 13 heavy (non-hydrogen) atoms. The summed E-state index contributed by atoms with van der Waals surface area (Å²) >= 11 is 0. The zero-order valence-corrected chi connectivity index (χ0v) is 7.10. The Morgan fingerprint density at radius 1 is 1.46 bits per heavy atom. The topological polar surface area (TPSA) is 63.1 Å². The Kier molecular flexibility index (Phi) is 1.96. The minimum atomic E-state index is -0.890. The normalized spacial score (nSPS) is 15.7. The van der Waals surface area contributed by atoms with Crippen LogP contribution in [-0.4, -0.2) is 21.0 Å².